The van der Waals surface area contributed by atoms with Crippen molar-refractivity contribution in [2.45, 2.75) is 31.8 Å². The van der Waals surface area contributed by atoms with Crippen LogP contribution in [0.2, 0.25) is 0 Å². The summed E-state index contributed by atoms with van der Waals surface area (Å²) in [6.07, 6.45) is 7.71. The molecule has 4 rings (SSSR count). The van der Waals surface area contributed by atoms with Gasteiger partial charge in [-0.25, -0.2) is 9.97 Å². The largest absolute Gasteiger partial charge is 0.508 e. The standard InChI is InChI=1S/C23H23N3O4/c1-29-21-12-16(9-10-20(21)30-19-7-2-3-8-19)23(28)26-17-13-24-22(25-14-17)15-5-4-6-18(27)11-15/h4-6,9-14,19,27H,2-3,7-8H2,1H3,(H,26,28). The summed E-state index contributed by atoms with van der Waals surface area (Å²) in [7, 11) is 1.56. The van der Waals surface area contributed by atoms with Gasteiger partial charge in [-0.15, -0.1) is 0 Å². The van der Waals surface area contributed by atoms with Crippen LogP contribution in [-0.2, 0) is 0 Å². The van der Waals surface area contributed by atoms with Crippen LogP contribution in [0.15, 0.2) is 54.9 Å². The molecule has 154 valence electrons. The molecule has 1 amide bonds. The van der Waals surface area contributed by atoms with Gasteiger partial charge in [0.2, 0.25) is 0 Å². The Kier molecular flexibility index (Phi) is 5.79. The molecule has 0 spiro atoms. The smallest absolute Gasteiger partial charge is 0.255 e. The first-order valence-corrected chi connectivity index (χ1v) is 9.90. The number of amides is 1. The molecule has 30 heavy (non-hydrogen) atoms. The molecule has 1 saturated carbocycles. The Labute approximate surface area is 174 Å². The van der Waals surface area contributed by atoms with Crippen LogP contribution in [0, 0.1) is 0 Å². The summed E-state index contributed by atoms with van der Waals surface area (Å²) in [5, 5.41) is 12.4. The number of benzene rings is 2. The van der Waals surface area contributed by atoms with Gasteiger partial charge in [0, 0.05) is 11.1 Å². The van der Waals surface area contributed by atoms with Gasteiger partial charge in [0.15, 0.2) is 17.3 Å². The van der Waals surface area contributed by atoms with Crippen LogP contribution in [-0.4, -0.2) is 34.2 Å². The van der Waals surface area contributed by atoms with Crippen LogP contribution in [0.25, 0.3) is 11.4 Å². The van der Waals surface area contributed by atoms with Gasteiger partial charge in [-0.05, 0) is 56.0 Å². The Hall–Kier alpha value is -3.61. The Morgan fingerprint density at radius 1 is 1.07 bits per heavy atom. The van der Waals surface area contributed by atoms with E-state index in [2.05, 4.69) is 15.3 Å². The van der Waals surface area contributed by atoms with E-state index in [1.807, 2.05) is 0 Å². The van der Waals surface area contributed by atoms with Crippen molar-refractivity contribution in [1.29, 1.82) is 0 Å². The van der Waals surface area contributed by atoms with Crippen molar-refractivity contribution in [2.75, 3.05) is 12.4 Å². The topological polar surface area (TPSA) is 93.6 Å². The van der Waals surface area contributed by atoms with E-state index in [-0.39, 0.29) is 17.8 Å². The maximum atomic E-state index is 12.6. The van der Waals surface area contributed by atoms with Crippen LogP contribution < -0.4 is 14.8 Å². The van der Waals surface area contributed by atoms with Crippen molar-refractivity contribution in [3.63, 3.8) is 0 Å². The summed E-state index contributed by atoms with van der Waals surface area (Å²) < 4.78 is 11.4. The minimum Gasteiger partial charge on any atom is -0.508 e. The third-order valence-electron chi connectivity index (χ3n) is 5.04. The number of carbonyl (C=O) groups excluding carboxylic acids is 1. The summed E-state index contributed by atoms with van der Waals surface area (Å²) in [5.41, 5.74) is 1.60. The molecule has 0 unspecified atom stereocenters. The summed E-state index contributed by atoms with van der Waals surface area (Å²) in [4.78, 5) is 21.2. The van der Waals surface area contributed by atoms with Crippen molar-refractivity contribution in [3.8, 4) is 28.6 Å². The number of nitrogens with zero attached hydrogens (tertiary/aromatic N) is 2. The zero-order chi connectivity index (χ0) is 20.9. The third kappa shape index (κ3) is 4.51. The summed E-state index contributed by atoms with van der Waals surface area (Å²) >= 11 is 0. The highest BCUT2D eigenvalue weighted by Gasteiger charge is 2.19. The summed E-state index contributed by atoms with van der Waals surface area (Å²) in [6, 6.07) is 11.8. The molecule has 7 nitrogen and oxygen atoms in total. The van der Waals surface area contributed by atoms with E-state index in [9.17, 15) is 9.90 Å². The molecule has 0 aliphatic heterocycles. The van der Waals surface area contributed by atoms with Crippen LogP contribution in [0.5, 0.6) is 17.2 Å². The fourth-order valence-electron chi connectivity index (χ4n) is 3.48. The molecule has 1 fully saturated rings. The van der Waals surface area contributed by atoms with Gasteiger partial charge in [-0.3, -0.25) is 4.79 Å². The molecule has 0 radical (unpaired) electrons. The van der Waals surface area contributed by atoms with E-state index >= 15 is 0 Å². The average Bonchev–Trinajstić information content (AvgIpc) is 3.27. The van der Waals surface area contributed by atoms with E-state index in [0.717, 1.165) is 12.8 Å². The number of phenolic OH excluding ortho intramolecular Hbond substituents is 1. The van der Waals surface area contributed by atoms with Crippen molar-refractivity contribution in [2.24, 2.45) is 0 Å². The number of methoxy groups -OCH3 is 1. The first kappa shape index (κ1) is 19.7. The highest BCUT2D eigenvalue weighted by molar-refractivity contribution is 6.04. The number of ether oxygens (including phenoxy) is 2. The van der Waals surface area contributed by atoms with E-state index in [4.69, 9.17) is 9.47 Å². The fourth-order valence-corrected chi connectivity index (χ4v) is 3.48. The van der Waals surface area contributed by atoms with Crippen LogP contribution in [0.1, 0.15) is 36.0 Å². The number of anilines is 1. The van der Waals surface area contributed by atoms with Crippen molar-refractivity contribution < 1.29 is 19.4 Å². The number of hydrogen-bond donors (Lipinski definition) is 2. The van der Waals surface area contributed by atoms with Crippen molar-refractivity contribution in [3.05, 3.63) is 60.4 Å². The fraction of sp³-hybridized carbons (Fsp3) is 0.261. The van der Waals surface area contributed by atoms with Gasteiger partial charge in [0.25, 0.3) is 5.91 Å². The molecule has 1 aromatic heterocycles. The van der Waals surface area contributed by atoms with Crippen molar-refractivity contribution in [1.82, 2.24) is 9.97 Å². The first-order chi connectivity index (χ1) is 14.6. The second-order valence-corrected chi connectivity index (χ2v) is 7.19. The molecule has 1 aliphatic rings. The maximum absolute atomic E-state index is 12.6. The normalized spacial score (nSPS) is 13.8. The lowest BCUT2D eigenvalue weighted by atomic mass is 10.1. The highest BCUT2D eigenvalue weighted by Crippen LogP contribution is 2.32. The second-order valence-electron chi connectivity index (χ2n) is 7.19. The SMILES string of the molecule is COc1cc(C(=O)Nc2cnc(-c3cccc(O)c3)nc2)ccc1OC1CCCC1. The zero-order valence-corrected chi connectivity index (χ0v) is 16.7. The molecule has 2 N–H and O–H groups in total. The van der Waals surface area contributed by atoms with E-state index in [0.29, 0.717) is 34.1 Å². The number of nitrogens with one attached hydrogen (secondary N) is 1. The minimum atomic E-state index is -0.297. The molecule has 3 aromatic rings. The summed E-state index contributed by atoms with van der Waals surface area (Å²) in [5.74, 6) is 1.49. The van der Waals surface area contributed by atoms with Crippen LogP contribution >= 0.6 is 0 Å². The average molecular weight is 405 g/mol. The lowest BCUT2D eigenvalue weighted by Crippen LogP contribution is -2.14. The molecular weight excluding hydrogens is 382 g/mol. The highest BCUT2D eigenvalue weighted by atomic mass is 16.5. The van der Waals surface area contributed by atoms with Gasteiger partial charge >= 0.3 is 0 Å². The second kappa shape index (κ2) is 8.82. The van der Waals surface area contributed by atoms with Crippen LogP contribution in [0.4, 0.5) is 5.69 Å². The zero-order valence-electron chi connectivity index (χ0n) is 16.7. The Bertz CT molecular complexity index is 1030. The quantitative estimate of drug-likeness (QED) is 0.630. The Morgan fingerprint density at radius 2 is 1.83 bits per heavy atom. The summed E-state index contributed by atoms with van der Waals surface area (Å²) in [6.45, 7) is 0. The van der Waals surface area contributed by atoms with E-state index in [1.54, 1.807) is 49.6 Å². The molecule has 2 aromatic carbocycles. The lowest BCUT2D eigenvalue weighted by molar-refractivity contribution is 0.102. The number of hydrogen-bond acceptors (Lipinski definition) is 6. The number of rotatable bonds is 6. The molecule has 1 heterocycles. The van der Waals surface area contributed by atoms with Crippen LogP contribution in [0.3, 0.4) is 0 Å². The van der Waals surface area contributed by atoms with Gasteiger partial charge in [0.1, 0.15) is 5.75 Å². The van der Waals surface area contributed by atoms with Gasteiger partial charge in [-0.2, -0.15) is 0 Å². The van der Waals surface area contributed by atoms with Crippen molar-refractivity contribution >= 4 is 11.6 Å². The molecular formula is C23H23N3O4. The predicted molar refractivity (Wildman–Crippen MR) is 113 cm³/mol. The monoisotopic (exact) mass is 405 g/mol. The predicted octanol–water partition coefficient (Wildman–Crippen LogP) is 4.43. The van der Waals surface area contributed by atoms with Gasteiger partial charge in [-0.1, -0.05) is 12.1 Å². The minimum absolute atomic E-state index is 0.141. The van der Waals surface area contributed by atoms with E-state index < -0.39 is 0 Å². The van der Waals surface area contributed by atoms with E-state index in [1.165, 1.54) is 25.2 Å². The Morgan fingerprint density at radius 3 is 2.53 bits per heavy atom. The lowest BCUT2D eigenvalue weighted by Gasteiger charge is -2.16. The number of aromatic nitrogens is 2. The molecule has 0 bridgehead atoms. The third-order valence-corrected chi connectivity index (χ3v) is 5.04. The Balaban J connectivity index is 1.45. The van der Waals surface area contributed by atoms with Gasteiger partial charge in [0.05, 0.1) is 31.3 Å². The first-order valence-electron chi connectivity index (χ1n) is 9.90. The maximum Gasteiger partial charge on any atom is 0.255 e. The molecule has 0 atom stereocenters. The molecule has 0 saturated heterocycles. The molecule has 1 aliphatic carbocycles. The van der Waals surface area contributed by atoms with Gasteiger partial charge < -0.3 is 19.9 Å². The number of carbonyl (C=O) groups is 1. The molecule has 7 heteroatoms. The number of aromatic hydroxyl groups is 1. The number of phenols is 1.